The third-order valence-corrected chi connectivity index (χ3v) is 4.68. The summed E-state index contributed by atoms with van der Waals surface area (Å²) < 4.78 is 41.1. The Labute approximate surface area is 122 Å². The molecule has 4 N–H and O–H groups in total. The molecule has 0 aliphatic carbocycles. The molecule has 2 rings (SSSR count). The Balaban J connectivity index is 2.37. The molecule has 1 heterocycles. The molecular weight excluding hydrogens is 295 g/mol. The number of rotatable bonds is 6. The summed E-state index contributed by atoms with van der Waals surface area (Å²) in [5.41, 5.74) is 5.43. The molecule has 1 aromatic carbocycles. The van der Waals surface area contributed by atoms with Crippen LogP contribution in [0.5, 0.6) is 0 Å². The zero-order chi connectivity index (χ0) is 15.5. The maximum atomic E-state index is 13.7. The molecule has 0 aliphatic heterocycles. The van der Waals surface area contributed by atoms with Crippen LogP contribution in [0.25, 0.3) is 0 Å². The lowest BCUT2D eigenvalue weighted by molar-refractivity contribution is 0.535. The summed E-state index contributed by atoms with van der Waals surface area (Å²) in [5.74, 6) is -0.127. The van der Waals surface area contributed by atoms with Gasteiger partial charge < -0.3 is 10.7 Å². The van der Waals surface area contributed by atoms with Crippen LogP contribution in [0.2, 0.25) is 0 Å². The van der Waals surface area contributed by atoms with Crippen molar-refractivity contribution in [3.05, 3.63) is 47.8 Å². The van der Waals surface area contributed by atoms with E-state index in [2.05, 4.69) is 14.7 Å². The normalized spacial score (nSPS) is 13.3. The van der Waals surface area contributed by atoms with Gasteiger partial charge in [-0.1, -0.05) is 13.0 Å². The predicted molar refractivity (Wildman–Crippen MR) is 76.2 cm³/mol. The van der Waals surface area contributed by atoms with Crippen LogP contribution in [-0.2, 0) is 16.6 Å². The zero-order valence-electron chi connectivity index (χ0n) is 11.5. The molecule has 0 aliphatic rings. The number of hydrogen-bond donors (Lipinski definition) is 3. The first-order chi connectivity index (χ1) is 9.99. The molecule has 1 aromatic heterocycles. The summed E-state index contributed by atoms with van der Waals surface area (Å²) in [6.07, 6.45) is 3.65. The molecule has 8 heteroatoms. The van der Waals surface area contributed by atoms with E-state index in [9.17, 15) is 12.8 Å². The molecule has 1 unspecified atom stereocenters. The van der Waals surface area contributed by atoms with Crippen LogP contribution in [0.15, 0.2) is 35.5 Å². The van der Waals surface area contributed by atoms with Gasteiger partial charge in [-0.15, -0.1) is 0 Å². The van der Waals surface area contributed by atoms with Crippen molar-refractivity contribution in [2.45, 2.75) is 30.8 Å². The first-order valence-electron chi connectivity index (χ1n) is 6.48. The van der Waals surface area contributed by atoms with Crippen molar-refractivity contribution in [1.29, 1.82) is 0 Å². The van der Waals surface area contributed by atoms with Crippen LogP contribution >= 0.6 is 0 Å². The average Bonchev–Trinajstić information content (AvgIpc) is 2.98. The second-order valence-electron chi connectivity index (χ2n) is 4.48. The molecule has 2 aromatic rings. The SMILES string of the molecule is CCC(NS(=O)(=O)c1cccc(F)c1CN)c1ncc[nH]1. The van der Waals surface area contributed by atoms with Crippen LogP contribution < -0.4 is 10.5 Å². The molecule has 114 valence electrons. The monoisotopic (exact) mass is 312 g/mol. The average molecular weight is 312 g/mol. The van der Waals surface area contributed by atoms with Gasteiger partial charge in [-0.25, -0.2) is 22.5 Å². The Hall–Kier alpha value is -1.77. The van der Waals surface area contributed by atoms with Crippen LogP contribution in [0.3, 0.4) is 0 Å². The van der Waals surface area contributed by atoms with Gasteiger partial charge in [0.2, 0.25) is 10.0 Å². The molecule has 0 radical (unpaired) electrons. The number of sulfonamides is 1. The van der Waals surface area contributed by atoms with Gasteiger partial charge in [0.1, 0.15) is 11.6 Å². The summed E-state index contributed by atoms with van der Waals surface area (Å²) in [6.45, 7) is 1.63. The van der Waals surface area contributed by atoms with Gasteiger partial charge in [-0.2, -0.15) is 0 Å². The topological polar surface area (TPSA) is 101 Å². The Morgan fingerprint density at radius 3 is 2.81 bits per heavy atom. The molecule has 0 spiro atoms. The maximum Gasteiger partial charge on any atom is 0.241 e. The fourth-order valence-corrected chi connectivity index (χ4v) is 3.58. The highest BCUT2D eigenvalue weighted by atomic mass is 32.2. The molecular formula is C13H17FN4O2S. The van der Waals surface area contributed by atoms with Gasteiger partial charge in [0.15, 0.2) is 0 Å². The first-order valence-corrected chi connectivity index (χ1v) is 7.97. The zero-order valence-corrected chi connectivity index (χ0v) is 12.3. The van der Waals surface area contributed by atoms with Crippen LogP contribution in [0, 0.1) is 5.82 Å². The van der Waals surface area contributed by atoms with Gasteiger partial charge in [0.05, 0.1) is 10.9 Å². The minimum Gasteiger partial charge on any atom is -0.347 e. The lowest BCUT2D eigenvalue weighted by Gasteiger charge is -2.16. The van der Waals surface area contributed by atoms with Crippen molar-refractivity contribution in [3.63, 3.8) is 0 Å². The van der Waals surface area contributed by atoms with Gasteiger partial charge >= 0.3 is 0 Å². The van der Waals surface area contributed by atoms with Crippen molar-refractivity contribution < 1.29 is 12.8 Å². The molecule has 0 saturated heterocycles. The molecule has 6 nitrogen and oxygen atoms in total. The standard InChI is InChI=1S/C13H17FN4O2S/c1-2-11(13-16-6-7-17-13)18-21(19,20)12-5-3-4-10(14)9(12)8-15/h3-7,11,18H,2,8,15H2,1H3,(H,16,17). The molecule has 0 fully saturated rings. The van der Waals surface area contributed by atoms with E-state index in [0.29, 0.717) is 12.2 Å². The summed E-state index contributed by atoms with van der Waals surface area (Å²) in [4.78, 5) is 6.77. The largest absolute Gasteiger partial charge is 0.347 e. The van der Waals surface area contributed by atoms with E-state index in [1.807, 2.05) is 6.92 Å². The fourth-order valence-electron chi connectivity index (χ4n) is 2.04. The van der Waals surface area contributed by atoms with Crippen molar-refractivity contribution >= 4 is 10.0 Å². The van der Waals surface area contributed by atoms with E-state index in [1.165, 1.54) is 18.2 Å². The molecule has 0 amide bonds. The van der Waals surface area contributed by atoms with Crippen LogP contribution in [0.1, 0.15) is 30.8 Å². The third-order valence-electron chi connectivity index (χ3n) is 3.12. The van der Waals surface area contributed by atoms with Gasteiger partial charge in [-0.05, 0) is 18.6 Å². The molecule has 1 atom stereocenters. The molecule has 0 saturated carbocycles. The first kappa shape index (κ1) is 15.6. The maximum absolute atomic E-state index is 13.7. The quantitative estimate of drug-likeness (QED) is 0.751. The number of halogens is 1. The summed E-state index contributed by atoms with van der Waals surface area (Å²) in [5, 5.41) is 0. The van der Waals surface area contributed by atoms with Crippen molar-refractivity contribution in [2.75, 3.05) is 0 Å². The summed E-state index contributed by atoms with van der Waals surface area (Å²) >= 11 is 0. The second kappa shape index (κ2) is 6.33. The van der Waals surface area contributed by atoms with Gasteiger partial charge in [0.25, 0.3) is 0 Å². The Morgan fingerprint density at radius 2 is 2.24 bits per heavy atom. The van der Waals surface area contributed by atoms with E-state index in [1.54, 1.807) is 12.4 Å². The van der Waals surface area contributed by atoms with Crippen molar-refractivity contribution in [1.82, 2.24) is 14.7 Å². The summed E-state index contributed by atoms with van der Waals surface area (Å²) in [7, 11) is -3.89. The van der Waals surface area contributed by atoms with E-state index >= 15 is 0 Å². The van der Waals surface area contributed by atoms with Crippen molar-refractivity contribution in [2.24, 2.45) is 5.73 Å². The third kappa shape index (κ3) is 3.29. The number of H-pyrrole nitrogens is 1. The predicted octanol–water partition coefficient (Wildman–Crippen LogP) is 1.44. The lowest BCUT2D eigenvalue weighted by atomic mass is 10.2. The minimum absolute atomic E-state index is 0.0284. The van der Waals surface area contributed by atoms with E-state index in [-0.39, 0.29) is 17.0 Å². The smallest absolute Gasteiger partial charge is 0.241 e. The van der Waals surface area contributed by atoms with Crippen molar-refractivity contribution in [3.8, 4) is 0 Å². The Bertz CT molecular complexity index is 701. The second-order valence-corrected chi connectivity index (χ2v) is 6.16. The minimum atomic E-state index is -3.89. The molecule has 0 bridgehead atoms. The number of aromatic amines is 1. The Kier molecular flexibility index (Phi) is 4.71. The highest BCUT2D eigenvalue weighted by molar-refractivity contribution is 7.89. The number of hydrogen-bond acceptors (Lipinski definition) is 4. The van der Waals surface area contributed by atoms with Gasteiger partial charge in [-0.3, -0.25) is 0 Å². The fraction of sp³-hybridized carbons (Fsp3) is 0.308. The van der Waals surface area contributed by atoms with Crippen LogP contribution in [0.4, 0.5) is 4.39 Å². The number of nitrogens with two attached hydrogens (primary N) is 1. The van der Waals surface area contributed by atoms with E-state index < -0.39 is 21.9 Å². The number of nitrogens with one attached hydrogen (secondary N) is 2. The summed E-state index contributed by atoms with van der Waals surface area (Å²) in [6, 6.07) is 3.35. The van der Waals surface area contributed by atoms with Crippen LogP contribution in [-0.4, -0.2) is 18.4 Å². The molecule has 21 heavy (non-hydrogen) atoms. The number of benzene rings is 1. The number of aromatic nitrogens is 2. The van der Waals surface area contributed by atoms with E-state index in [0.717, 1.165) is 0 Å². The number of imidazole rings is 1. The van der Waals surface area contributed by atoms with Gasteiger partial charge in [0, 0.05) is 24.5 Å². The lowest BCUT2D eigenvalue weighted by Crippen LogP contribution is -2.30. The highest BCUT2D eigenvalue weighted by Crippen LogP contribution is 2.21. The highest BCUT2D eigenvalue weighted by Gasteiger charge is 2.25. The number of nitrogens with zero attached hydrogens (tertiary/aromatic N) is 1. The Morgan fingerprint density at radius 1 is 1.48 bits per heavy atom. The van der Waals surface area contributed by atoms with E-state index in [4.69, 9.17) is 5.73 Å².